The van der Waals surface area contributed by atoms with Crippen molar-refractivity contribution in [2.75, 3.05) is 59.3 Å². The molecule has 0 saturated heterocycles. The van der Waals surface area contributed by atoms with Crippen molar-refractivity contribution in [2.24, 2.45) is 22.9 Å². The Morgan fingerprint density at radius 3 is 2.50 bits per heavy atom. The summed E-state index contributed by atoms with van der Waals surface area (Å²) in [5.74, 6) is -1.54. The molecule has 1 heterocycles. The first-order valence-electron chi connectivity index (χ1n) is 20.7. The second-order valence-electron chi connectivity index (χ2n) is 14.7. The van der Waals surface area contributed by atoms with Gasteiger partial charge in [0.1, 0.15) is 24.1 Å². The average Bonchev–Trinajstić information content (AvgIpc) is 3.22. The SMILES string of the molecule is C=CCO[C@@]12Oc3ccc(OC(=O)NCC)cc3[C@H]3[C@H](CCCCO)[C@@H](CCCCO)C=C(C(=NOCc4ccccc4)C[C@@H]1N(CCOCCO)C(=O)OCC)[C@H]32. The van der Waals surface area contributed by atoms with Crippen LogP contribution >= 0.6 is 0 Å². The van der Waals surface area contributed by atoms with E-state index < -0.39 is 29.9 Å². The quantitative estimate of drug-likeness (QED) is 0.0580. The number of nitrogens with one attached hydrogen (secondary N) is 1. The molecule has 2 aliphatic carbocycles. The van der Waals surface area contributed by atoms with Crippen LogP contribution in [-0.4, -0.2) is 109 Å². The van der Waals surface area contributed by atoms with E-state index in [1.807, 2.05) is 43.3 Å². The normalized spacial score (nSPS) is 23.8. The molecule has 0 aromatic heterocycles. The number of hydrogen-bond donors (Lipinski definition) is 4. The van der Waals surface area contributed by atoms with Gasteiger partial charge in [-0.05, 0) is 80.7 Å². The van der Waals surface area contributed by atoms with Crippen molar-refractivity contribution >= 4 is 17.9 Å². The minimum Gasteiger partial charge on any atom is -0.459 e. The van der Waals surface area contributed by atoms with Gasteiger partial charge in [-0.3, -0.25) is 4.90 Å². The molecule has 2 aromatic carbocycles. The Bertz CT molecular complexity index is 1690. The van der Waals surface area contributed by atoms with E-state index in [1.165, 1.54) is 0 Å². The summed E-state index contributed by atoms with van der Waals surface area (Å²) in [6.07, 6.45) is 7.22. The molecule has 1 aliphatic heterocycles. The maximum atomic E-state index is 14.1. The van der Waals surface area contributed by atoms with Gasteiger partial charge in [0.05, 0.1) is 44.7 Å². The number of ether oxygens (including phenoxy) is 5. The summed E-state index contributed by atoms with van der Waals surface area (Å²) in [5, 5.41) is 36.7. The zero-order valence-electron chi connectivity index (χ0n) is 33.9. The van der Waals surface area contributed by atoms with Crippen molar-refractivity contribution in [3.63, 3.8) is 0 Å². The monoisotopic (exact) mass is 807 g/mol. The molecular formula is C44H61N3O11. The molecule has 1 fully saturated rings. The van der Waals surface area contributed by atoms with E-state index in [4.69, 9.17) is 33.7 Å². The molecule has 0 bridgehead atoms. The summed E-state index contributed by atoms with van der Waals surface area (Å²) in [7, 11) is 0. The molecule has 14 heteroatoms. The van der Waals surface area contributed by atoms with Crippen LogP contribution in [0, 0.1) is 17.8 Å². The van der Waals surface area contributed by atoms with Crippen LogP contribution in [-0.2, 0) is 25.7 Å². The van der Waals surface area contributed by atoms with Gasteiger partial charge in [0.2, 0.25) is 5.79 Å². The fourth-order valence-corrected chi connectivity index (χ4v) is 8.67. The van der Waals surface area contributed by atoms with Crippen molar-refractivity contribution in [3.05, 3.63) is 84.0 Å². The largest absolute Gasteiger partial charge is 0.459 e. The van der Waals surface area contributed by atoms with Crippen molar-refractivity contribution in [1.82, 2.24) is 10.2 Å². The predicted molar refractivity (Wildman–Crippen MR) is 218 cm³/mol. The summed E-state index contributed by atoms with van der Waals surface area (Å²) in [5.41, 5.74) is 3.25. The number of nitrogens with zero attached hydrogens (tertiary/aromatic N) is 2. The number of hydrogen-bond acceptors (Lipinski definition) is 12. The molecular weight excluding hydrogens is 746 g/mol. The second kappa shape index (κ2) is 22.6. The Kier molecular flexibility index (Phi) is 17.4. The van der Waals surface area contributed by atoms with E-state index in [-0.39, 0.29) is 83.6 Å². The summed E-state index contributed by atoms with van der Waals surface area (Å²) in [6.45, 7) is 8.60. The predicted octanol–water partition coefficient (Wildman–Crippen LogP) is 6.10. The summed E-state index contributed by atoms with van der Waals surface area (Å²) >= 11 is 0. The topological polar surface area (TPSA) is 178 Å². The number of carbonyl (C=O) groups excluding carboxylic acids is 2. The number of benzene rings is 2. The average molecular weight is 808 g/mol. The highest BCUT2D eigenvalue weighted by molar-refractivity contribution is 6.03. The van der Waals surface area contributed by atoms with Crippen molar-refractivity contribution in [2.45, 2.75) is 83.1 Å². The molecule has 58 heavy (non-hydrogen) atoms. The van der Waals surface area contributed by atoms with Gasteiger partial charge >= 0.3 is 12.2 Å². The van der Waals surface area contributed by atoms with Crippen molar-refractivity contribution in [3.8, 4) is 11.5 Å². The summed E-state index contributed by atoms with van der Waals surface area (Å²) < 4.78 is 31.3. The van der Waals surface area contributed by atoms with Gasteiger partial charge in [0.25, 0.3) is 0 Å². The zero-order chi connectivity index (χ0) is 41.3. The number of fused-ring (bicyclic) bond motifs is 2. The van der Waals surface area contributed by atoms with E-state index in [0.717, 1.165) is 42.4 Å². The van der Waals surface area contributed by atoms with Gasteiger partial charge in [-0.15, -0.1) is 6.58 Å². The maximum absolute atomic E-state index is 14.1. The summed E-state index contributed by atoms with van der Waals surface area (Å²) in [4.78, 5) is 34.5. The first-order valence-corrected chi connectivity index (χ1v) is 20.7. The molecule has 2 aromatic rings. The molecule has 6 atom stereocenters. The maximum Gasteiger partial charge on any atom is 0.412 e. The number of oxime groups is 1. The lowest BCUT2D eigenvalue weighted by molar-refractivity contribution is -0.256. The Hall–Kier alpha value is -4.47. The van der Waals surface area contributed by atoms with Crippen molar-refractivity contribution < 1.29 is 53.4 Å². The molecule has 0 unspecified atom stereocenters. The fraction of sp³-hybridized carbons (Fsp3) is 0.568. The van der Waals surface area contributed by atoms with Crippen LogP contribution in [0.25, 0.3) is 0 Å². The Morgan fingerprint density at radius 1 is 1.02 bits per heavy atom. The van der Waals surface area contributed by atoms with E-state index in [0.29, 0.717) is 36.6 Å². The number of aliphatic hydroxyl groups is 3. The van der Waals surface area contributed by atoms with Crippen LogP contribution in [0.5, 0.6) is 11.5 Å². The summed E-state index contributed by atoms with van der Waals surface area (Å²) in [6, 6.07) is 14.2. The highest BCUT2D eigenvalue weighted by Gasteiger charge is 2.65. The third-order valence-electron chi connectivity index (χ3n) is 11.0. The second-order valence-corrected chi connectivity index (χ2v) is 14.7. The number of amides is 2. The minimum absolute atomic E-state index is 0.0152. The molecule has 5 rings (SSSR count). The van der Waals surface area contributed by atoms with Gasteiger partial charge in [-0.25, -0.2) is 9.59 Å². The van der Waals surface area contributed by atoms with Crippen LogP contribution in [0.15, 0.2) is 78.0 Å². The van der Waals surface area contributed by atoms with E-state index in [9.17, 15) is 24.9 Å². The Morgan fingerprint density at radius 2 is 1.79 bits per heavy atom. The zero-order valence-corrected chi connectivity index (χ0v) is 33.9. The van der Waals surface area contributed by atoms with Gasteiger partial charge in [-0.2, -0.15) is 0 Å². The van der Waals surface area contributed by atoms with Crippen LogP contribution in [0.2, 0.25) is 0 Å². The highest BCUT2D eigenvalue weighted by atomic mass is 16.7. The van der Waals surface area contributed by atoms with Crippen LogP contribution in [0.4, 0.5) is 9.59 Å². The lowest BCUT2D eigenvalue weighted by Gasteiger charge is -2.59. The van der Waals surface area contributed by atoms with Gasteiger partial charge < -0.3 is 49.2 Å². The Labute approximate surface area is 341 Å². The number of allylic oxidation sites excluding steroid dienone is 1. The number of unbranched alkanes of at least 4 members (excludes halogenated alkanes) is 2. The molecule has 3 aliphatic rings. The highest BCUT2D eigenvalue weighted by Crippen LogP contribution is 2.62. The van der Waals surface area contributed by atoms with Crippen LogP contribution in [0.1, 0.15) is 75.8 Å². The molecule has 2 amide bonds. The van der Waals surface area contributed by atoms with Gasteiger partial charge in [0.15, 0.2) is 0 Å². The first kappa shape index (κ1) is 44.6. The molecule has 4 N–H and O–H groups in total. The molecule has 14 nitrogen and oxygen atoms in total. The third kappa shape index (κ3) is 10.8. The lowest BCUT2D eigenvalue weighted by atomic mass is 9.55. The standard InChI is InChI=1S/C44H61N3O11/c1-4-24-55-44-39(47(43(52)54-6-3)20-25-53-26-23-50)29-37(46-56-30-31-14-8-7-9-15-31)35-27-32(16-10-12-21-48)34(17-11-13-22-49)40(41(35)44)36-28-33(18-19-38(36)58-44)57-42(51)45-5-2/h4,7-9,14-15,18-19,27-28,32,34,39-41,48-50H,1,5-6,10-13,16-17,20-26,29-30H2,2-3H3,(H,45,51)/t32-,34+,39-,40+,41+,44+/m0/s1. The number of carbonyl (C=O) groups is 2. The first-order chi connectivity index (χ1) is 28.3. The fourth-order valence-electron chi connectivity index (χ4n) is 8.67. The minimum atomic E-state index is -1.51. The molecule has 318 valence electrons. The lowest BCUT2D eigenvalue weighted by Crippen LogP contribution is -2.70. The third-order valence-corrected chi connectivity index (χ3v) is 11.0. The van der Waals surface area contributed by atoms with Crippen LogP contribution < -0.4 is 14.8 Å². The van der Waals surface area contributed by atoms with Gasteiger partial charge in [0, 0.05) is 44.2 Å². The molecule has 0 radical (unpaired) electrons. The number of aliphatic hydroxyl groups excluding tert-OH is 3. The van der Waals surface area contributed by atoms with Gasteiger partial charge in [-0.1, -0.05) is 60.5 Å². The van der Waals surface area contributed by atoms with E-state index >= 15 is 0 Å². The number of rotatable bonds is 23. The Balaban J connectivity index is 1.76. The van der Waals surface area contributed by atoms with E-state index in [1.54, 1.807) is 30.0 Å². The smallest absolute Gasteiger partial charge is 0.412 e. The molecule has 0 spiro atoms. The molecule has 1 saturated carbocycles. The van der Waals surface area contributed by atoms with Crippen molar-refractivity contribution in [1.29, 1.82) is 0 Å². The van der Waals surface area contributed by atoms with Crippen LogP contribution in [0.3, 0.4) is 0 Å². The van der Waals surface area contributed by atoms with E-state index in [2.05, 4.69) is 18.0 Å².